The lowest BCUT2D eigenvalue weighted by Gasteiger charge is -2.03. The number of hydrogen-bond donors (Lipinski definition) is 1. The molecule has 1 N–H and O–H groups in total. The lowest BCUT2D eigenvalue weighted by Crippen LogP contribution is -2.13. The summed E-state index contributed by atoms with van der Waals surface area (Å²) in [5.41, 5.74) is 1.97. The van der Waals surface area contributed by atoms with Crippen molar-refractivity contribution in [2.24, 2.45) is 0 Å². The molecule has 1 aromatic heterocycles. The molecule has 3 rings (SSSR count). The van der Waals surface area contributed by atoms with Crippen LogP contribution < -0.4 is 5.32 Å². The molecule has 1 amide bonds. The van der Waals surface area contributed by atoms with Crippen molar-refractivity contribution in [3.63, 3.8) is 0 Å². The van der Waals surface area contributed by atoms with Gasteiger partial charge in [0.05, 0.1) is 15.7 Å². The Kier molecular flexibility index (Phi) is 7.58. The lowest BCUT2D eigenvalue weighted by molar-refractivity contribution is -0.116. The van der Waals surface area contributed by atoms with Crippen molar-refractivity contribution in [1.82, 2.24) is 4.98 Å². The number of amides is 1. The Morgan fingerprint density at radius 3 is 2.47 bits per heavy atom. The summed E-state index contributed by atoms with van der Waals surface area (Å²) in [4.78, 5) is 30.1. The number of rotatable bonds is 8. The van der Waals surface area contributed by atoms with Gasteiger partial charge in [-0.05, 0) is 42.8 Å². The highest BCUT2D eigenvalue weighted by atomic mass is 35.5. The van der Waals surface area contributed by atoms with Gasteiger partial charge in [-0.2, -0.15) is 0 Å². The maximum atomic E-state index is 13.0. The van der Waals surface area contributed by atoms with Crippen LogP contribution in [0.25, 0.3) is 11.3 Å². The van der Waals surface area contributed by atoms with Crippen molar-refractivity contribution in [3.8, 4) is 11.3 Å². The van der Waals surface area contributed by atoms with Gasteiger partial charge in [0.25, 0.3) is 0 Å². The Balaban J connectivity index is 1.68. The Bertz CT molecular complexity index is 1070. The molecular weight excluding hydrogens is 446 g/mol. The van der Waals surface area contributed by atoms with Gasteiger partial charge >= 0.3 is 0 Å². The Morgan fingerprint density at radius 1 is 1.07 bits per heavy atom. The van der Waals surface area contributed by atoms with E-state index in [-0.39, 0.29) is 24.5 Å². The highest BCUT2D eigenvalue weighted by Crippen LogP contribution is 2.35. The second-order valence-corrected chi connectivity index (χ2v) is 8.55. The summed E-state index contributed by atoms with van der Waals surface area (Å²) in [5.74, 6) is -0.927. The Labute approximate surface area is 188 Å². The van der Waals surface area contributed by atoms with E-state index in [0.717, 1.165) is 29.0 Å². The topological polar surface area (TPSA) is 59.1 Å². The van der Waals surface area contributed by atoms with Crippen LogP contribution in [0.1, 0.15) is 41.4 Å². The number of hydrogen-bond acceptors (Lipinski definition) is 4. The van der Waals surface area contributed by atoms with E-state index in [1.165, 1.54) is 35.6 Å². The van der Waals surface area contributed by atoms with Gasteiger partial charge in [0.2, 0.25) is 5.91 Å². The summed E-state index contributed by atoms with van der Waals surface area (Å²) < 4.78 is 13.0. The van der Waals surface area contributed by atoms with Crippen LogP contribution in [0.2, 0.25) is 10.0 Å². The number of aryl methyl sites for hydroxylation is 1. The fraction of sp³-hybridized carbons (Fsp3) is 0.227. The van der Waals surface area contributed by atoms with Crippen LogP contribution in [0.4, 0.5) is 9.52 Å². The minimum atomic E-state index is -0.409. The number of thiazole rings is 1. The molecule has 0 unspecified atom stereocenters. The maximum absolute atomic E-state index is 13.0. The maximum Gasteiger partial charge on any atom is 0.226 e. The molecule has 30 heavy (non-hydrogen) atoms. The molecule has 0 aliphatic carbocycles. The average Bonchev–Trinajstić information content (AvgIpc) is 3.11. The van der Waals surface area contributed by atoms with Gasteiger partial charge in [0.15, 0.2) is 10.9 Å². The summed E-state index contributed by atoms with van der Waals surface area (Å²) in [6.07, 6.45) is 1.79. The van der Waals surface area contributed by atoms with E-state index in [2.05, 4.69) is 17.2 Å². The van der Waals surface area contributed by atoms with E-state index in [0.29, 0.717) is 20.7 Å². The lowest BCUT2D eigenvalue weighted by atomic mass is 10.1. The zero-order chi connectivity index (χ0) is 21.7. The van der Waals surface area contributed by atoms with Crippen LogP contribution in [0, 0.1) is 5.82 Å². The molecule has 0 aliphatic heterocycles. The first-order valence-electron chi connectivity index (χ1n) is 9.41. The predicted molar refractivity (Wildman–Crippen MR) is 120 cm³/mol. The molecule has 3 aromatic rings. The van der Waals surface area contributed by atoms with E-state index in [4.69, 9.17) is 23.2 Å². The Hall–Kier alpha value is -2.28. The number of anilines is 1. The number of nitrogens with zero attached hydrogens (tertiary/aromatic N) is 1. The first-order valence-corrected chi connectivity index (χ1v) is 11.0. The van der Waals surface area contributed by atoms with Crippen molar-refractivity contribution in [2.45, 2.75) is 32.6 Å². The third-order valence-electron chi connectivity index (χ3n) is 4.36. The molecular formula is C22H19Cl2FN2O2S. The molecule has 0 radical (unpaired) electrons. The molecule has 0 saturated carbocycles. The number of benzene rings is 2. The fourth-order valence-corrected chi connectivity index (χ4v) is 4.26. The van der Waals surface area contributed by atoms with Crippen LogP contribution in [-0.2, 0) is 11.2 Å². The molecule has 4 nitrogen and oxygen atoms in total. The number of carbonyl (C=O) groups is 2. The smallest absolute Gasteiger partial charge is 0.226 e. The van der Waals surface area contributed by atoms with Crippen molar-refractivity contribution in [1.29, 1.82) is 0 Å². The number of nitrogens with one attached hydrogen (secondary N) is 1. The molecule has 0 aliphatic rings. The number of Topliss-reactive ketones (excluding diaryl/α,β-unsaturated/α-hetero) is 1. The van der Waals surface area contributed by atoms with Crippen LogP contribution in [0.3, 0.4) is 0 Å². The largest absolute Gasteiger partial charge is 0.302 e. The number of ketones is 1. The second kappa shape index (κ2) is 10.2. The third kappa shape index (κ3) is 5.65. The van der Waals surface area contributed by atoms with E-state index in [9.17, 15) is 14.0 Å². The highest BCUT2D eigenvalue weighted by Gasteiger charge is 2.16. The molecule has 0 atom stereocenters. The van der Waals surface area contributed by atoms with Crippen molar-refractivity contribution >= 4 is 51.4 Å². The van der Waals surface area contributed by atoms with Crippen LogP contribution in [0.15, 0.2) is 42.5 Å². The SMILES string of the molecule is CCCc1sc(NC(=O)CCC(=O)c2ccc(F)cc2)nc1-c1ccc(Cl)c(Cl)c1. The predicted octanol–water partition coefficient (Wildman–Crippen LogP) is 6.81. The van der Waals surface area contributed by atoms with Crippen LogP contribution in [-0.4, -0.2) is 16.7 Å². The van der Waals surface area contributed by atoms with Crippen LogP contribution in [0.5, 0.6) is 0 Å². The zero-order valence-corrected chi connectivity index (χ0v) is 18.5. The second-order valence-electron chi connectivity index (χ2n) is 6.65. The number of halogens is 3. The standard InChI is InChI=1S/C22H19Cl2FN2O2S/c1-2-3-19-21(14-6-9-16(23)17(24)12-14)27-22(30-19)26-20(29)11-10-18(28)13-4-7-15(25)8-5-13/h4-9,12H,2-3,10-11H2,1H3,(H,26,27,29). The molecule has 0 fully saturated rings. The minimum absolute atomic E-state index is 0.0149. The highest BCUT2D eigenvalue weighted by molar-refractivity contribution is 7.16. The van der Waals surface area contributed by atoms with Gasteiger partial charge in [-0.3, -0.25) is 9.59 Å². The quantitative estimate of drug-likeness (QED) is 0.372. The summed E-state index contributed by atoms with van der Waals surface area (Å²) in [5, 5.41) is 4.15. The van der Waals surface area contributed by atoms with E-state index in [1.807, 2.05) is 6.07 Å². The monoisotopic (exact) mass is 464 g/mol. The third-order valence-corrected chi connectivity index (χ3v) is 6.13. The number of carbonyl (C=O) groups excluding carboxylic acids is 2. The minimum Gasteiger partial charge on any atom is -0.302 e. The summed E-state index contributed by atoms with van der Waals surface area (Å²) in [6, 6.07) is 10.6. The van der Waals surface area contributed by atoms with Gasteiger partial charge in [-0.25, -0.2) is 9.37 Å². The molecule has 2 aromatic carbocycles. The Morgan fingerprint density at radius 2 is 1.80 bits per heavy atom. The first-order chi connectivity index (χ1) is 14.4. The van der Waals surface area contributed by atoms with Gasteiger partial charge in [0, 0.05) is 28.8 Å². The summed E-state index contributed by atoms with van der Waals surface area (Å²) in [7, 11) is 0. The molecule has 8 heteroatoms. The molecule has 0 saturated heterocycles. The summed E-state index contributed by atoms with van der Waals surface area (Å²) in [6.45, 7) is 2.07. The van der Waals surface area contributed by atoms with Crippen molar-refractivity contribution < 1.29 is 14.0 Å². The molecule has 0 bridgehead atoms. The van der Waals surface area contributed by atoms with E-state index >= 15 is 0 Å². The average molecular weight is 465 g/mol. The summed E-state index contributed by atoms with van der Waals surface area (Å²) >= 11 is 13.5. The van der Waals surface area contributed by atoms with Gasteiger partial charge in [0.1, 0.15) is 5.82 Å². The molecule has 1 heterocycles. The van der Waals surface area contributed by atoms with E-state index in [1.54, 1.807) is 12.1 Å². The molecule has 156 valence electrons. The molecule has 0 spiro atoms. The van der Waals surface area contributed by atoms with Gasteiger partial charge < -0.3 is 5.32 Å². The normalized spacial score (nSPS) is 10.8. The fourth-order valence-electron chi connectivity index (χ4n) is 2.86. The van der Waals surface area contributed by atoms with E-state index < -0.39 is 5.82 Å². The number of aromatic nitrogens is 1. The zero-order valence-electron chi connectivity index (χ0n) is 16.2. The first kappa shape index (κ1) is 22.4. The van der Waals surface area contributed by atoms with Crippen molar-refractivity contribution in [2.75, 3.05) is 5.32 Å². The van der Waals surface area contributed by atoms with Gasteiger partial charge in [-0.15, -0.1) is 11.3 Å². The van der Waals surface area contributed by atoms with Gasteiger partial charge in [-0.1, -0.05) is 42.6 Å². The van der Waals surface area contributed by atoms with Crippen molar-refractivity contribution in [3.05, 3.63) is 68.8 Å². The van der Waals surface area contributed by atoms with Crippen LogP contribution >= 0.6 is 34.5 Å².